The van der Waals surface area contributed by atoms with Crippen LogP contribution < -0.4 is 5.32 Å². The normalized spacial score (nSPS) is 22.3. The Balaban J connectivity index is 1.94. The van der Waals surface area contributed by atoms with E-state index in [0.29, 0.717) is 13.0 Å². The lowest BCUT2D eigenvalue weighted by atomic mass is 9.96. The molecule has 3 aromatic rings. The largest absolute Gasteiger partial charge is 0.481 e. The maximum Gasteiger partial charge on any atom is 0.307 e. The molecule has 0 saturated carbocycles. The SMILES string of the molecule is O=C(O)C1CNC(c2c3ccoc3c(Br)c3ccoc23)C1. The fourth-order valence-corrected chi connectivity index (χ4v) is 3.74. The molecule has 6 heteroatoms. The van der Waals surface area contributed by atoms with Crippen molar-refractivity contribution in [3.63, 3.8) is 0 Å². The Morgan fingerprint density at radius 2 is 1.95 bits per heavy atom. The number of carbonyl (C=O) groups is 1. The second kappa shape index (κ2) is 4.61. The number of carboxylic acid groups (broad SMARTS) is 1. The first-order chi connectivity index (χ1) is 10.2. The minimum Gasteiger partial charge on any atom is -0.481 e. The van der Waals surface area contributed by atoms with E-state index in [1.807, 2.05) is 12.1 Å². The van der Waals surface area contributed by atoms with Crippen LogP contribution in [0.1, 0.15) is 18.0 Å². The molecule has 0 bridgehead atoms. The Labute approximate surface area is 128 Å². The van der Waals surface area contributed by atoms with Gasteiger partial charge >= 0.3 is 5.97 Å². The van der Waals surface area contributed by atoms with Crippen LogP contribution in [0.2, 0.25) is 0 Å². The fourth-order valence-electron chi connectivity index (χ4n) is 3.12. The first-order valence-corrected chi connectivity index (χ1v) is 7.48. The third-order valence-corrected chi connectivity index (χ3v) is 4.92. The average Bonchev–Trinajstić information content (AvgIpc) is 3.19. The summed E-state index contributed by atoms with van der Waals surface area (Å²) in [7, 11) is 0. The number of benzene rings is 1. The van der Waals surface area contributed by atoms with Crippen LogP contribution in [-0.4, -0.2) is 17.6 Å². The monoisotopic (exact) mass is 349 g/mol. The van der Waals surface area contributed by atoms with E-state index >= 15 is 0 Å². The highest BCUT2D eigenvalue weighted by Crippen LogP contribution is 2.42. The quantitative estimate of drug-likeness (QED) is 0.738. The number of fused-ring (bicyclic) bond motifs is 2. The summed E-state index contributed by atoms with van der Waals surface area (Å²) >= 11 is 3.55. The minimum atomic E-state index is -0.763. The molecule has 1 fully saturated rings. The number of nitrogens with one attached hydrogen (secondary N) is 1. The lowest BCUT2D eigenvalue weighted by Crippen LogP contribution is -2.17. The minimum absolute atomic E-state index is 0.0482. The third-order valence-electron chi connectivity index (χ3n) is 4.13. The smallest absolute Gasteiger partial charge is 0.307 e. The molecular formula is C15H12BrNO4. The van der Waals surface area contributed by atoms with Gasteiger partial charge in [-0.3, -0.25) is 4.79 Å². The van der Waals surface area contributed by atoms with E-state index in [0.717, 1.165) is 32.0 Å². The van der Waals surface area contributed by atoms with Crippen LogP contribution in [0.5, 0.6) is 0 Å². The van der Waals surface area contributed by atoms with E-state index in [-0.39, 0.29) is 12.0 Å². The number of rotatable bonds is 2. The third kappa shape index (κ3) is 1.82. The molecule has 5 nitrogen and oxygen atoms in total. The lowest BCUT2D eigenvalue weighted by molar-refractivity contribution is -0.141. The molecule has 0 amide bonds. The highest BCUT2D eigenvalue weighted by atomic mass is 79.9. The van der Waals surface area contributed by atoms with Crippen LogP contribution in [0, 0.1) is 5.92 Å². The maximum atomic E-state index is 11.2. The van der Waals surface area contributed by atoms with Crippen molar-refractivity contribution in [1.29, 1.82) is 0 Å². The standard InChI is InChI=1S/C15H12BrNO4/c16-12-9-2-4-20-13(9)11(8-1-3-21-14(8)12)10-5-7(6-17-10)15(18)19/h1-4,7,10,17H,5-6H2,(H,18,19). The van der Waals surface area contributed by atoms with Crippen LogP contribution in [0.25, 0.3) is 21.9 Å². The molecule has 1 aromatic carbocycles. The number of carboxylic acids is 1. The molecule has 2 aromatic heterocycles. The van der Waals surface area contributed by atoms with Gasteiger partial charge in [-0.05, 0) is 34.5 Å². The zero-order valence-electron chi connectivity index (χ0n) is 10.9. The van der Waals surface area contributed by atoms with E-state index in [9.17, 15) is 9.90 Å². The second-order valence-corrected chi connectivity index (χ2v) is 6.08. The number of halogens is 1. The summed E-state index contributed by atoms with van der Waals surface area (Å²) in [5.74, 6) is -1.13. The maximum absolute atomic E-state index is 11.2. The van der Waals surface area contributed by atoms with Crippen molar-refractivity contribution in [2.75, 3.05) is 6.54 Å². The predicted octanol–water partition coefficient (Wildman–Crippen LogP) is 3.68. The molecular weight excluding hydrogens is 338 g/mol. The van der Waals surface area contributed by atoms with E-state index in [1.54, 1.807) is 12.5 Å². The molecule has 0 aliphatic carbocycles. The van der Waals surface area contributed by atoms with Gasteiger partial charge in [0.25, 0.3) is 0 Å². The Morgan fingerprint density at radius 3 is 2.67 bits per heavy atom. The molecule has 2 N–H and O–H groups in total. The van der Waals surface area contributed by atoms with Gasteiger partial charge in [0.05, 0.1) is 22.9 Å². The molecule has 2 unspecified atom stereocenters. The van der Waals surface area contributed by atoms with Crippen LogP contribution in [-0.2, 0) is 4.79 Å². The molecule has 21 heavy (non-hydrogen) atoms. The molecule has 1 aliphatic rings. The number of hydrogen-bond donors (Lipinski definition) is 2. The Kier molecular flexibility index (Phi) is 2.83. The summed E-state index contributed by atoms with van der Waals surface area (Å²) in [6.07, 6.45) is 3.83. The van der Waals surface area contributed by atoms with Gasteiger partial charge in [0, 0.05) is 28.9 Å². The van der Waals surface area contributed by atoms with Crippen LogP contribution in [0.15, 0.2) is 38.0 Å². The van der Waals surface area contributed by atoms with Gasteiger partial charge in [-0.15, -0.1) is 0 Å². The second-order valence-electron chi connectivity index (χ2n) is 5.29. The van der Waals surface area contributed by atoms with Gasteiger partial charge in [0.1, 0.15) is 11.2 Å². The van der Waals surface area contributed by atoms with Crippen LogP contribution >= 0.6 is 15.9 Å². The first kappa shape index (κ1) is 12.9. The summed E-state index contributed by atoms with van der Waals surface area (Å²) in [6.45, 7) is 0.470. The molecule has 1 saturated heterocycles. The Bertz CT molecular complexity index is 798. The lowest BCUT2D eigenvalue weighted by Gasteiger charge is -2.13. The van der Waals surface area contributed by atoms with Gasteiger partial charge in [-0.2, -0.15) is 0 Å². The summed E-state index contributed by atoms with van der Waals surface area (Å²) in [4.78, 5) is 11.2. The first-order valence-electron chi connectivity index (χ1n) is 6.68. The topological polar surface area (TPSA) is 75.6 Å². The zero-order valence-corrected chi connectivity index (χ0v) is 12.5. The molecule has 3 heterocycles. The van der Waals surface area contributed by atoms with Gasteiger partial charge in [0.15, 0.2) is 0 Å². The van der Waals surface area contributed by atoms with Crippen molar-refractivity contribution in [1.82, 2.24) is 5.32 Å². The highest BCUT2D eigenvalue weighted by molar-refractivity contribution is 9.10. The molecule has 2 atom stereocenters. The van der Waals surface area contributed by atoms with Gasteiger partial charge < -0.3 is 19.3 Å². The summed E-state index contributed by atoms with van der Waals surface area (Å²) in [5, 5.41) is 14.4. The van der Waals surface area contributed by atoms with Crippen molar-refractivity contribution in [2.24, 2.45) is 5.92 Å². The van der Waals surface area contributed by atoms with E-state index in [2.05, 4.69) is 21.2 Å². The summed E-state index contributed by atoms with van der Waals surface area (Å²) < 4.78 is 12.1. The van der Waals surface area contributed by atoms with Crippen molar-refractivity contribution in [3.05, 3.63) is 34.7 Å². The van der Waals surface area contributed by atoms with Crippen LogP contribution in [0.4, 0.5) is 0 Å². The van der Waals surface area contributed by atoms with E-state index < -0.39 is 5.97 Å². The number of aliphatic carboxylic acids is 1. The molecule has 0 radical (unpaired) electrons. The van der Waals surface area contributed by atoms with Crippen molar-refractivity contribution in [2.45, 2.75) is 12.5 Å². The Hall–Kier alpha value is -1.79. The van der Waals surface area contributed by atoms with Crippen LogP contribution in [0.3, 0.4) is 0 Å². The van der Waals surface area contributed by atoms with E-state index in [4.69, 9.17) is 8.83 Å². The van der Waals surface area contributed by atoms with Crippen molar-refractivity contribution in [3.8, 4) is 0 Å². The van der Waals surface area contributed by atoms with Crippen molar-refractivity contribution >= 4 is 43.8 Å². The van der Waals surface area contributed by atoms with Crippen molar-refractivity contribution < 1.29 is 18.7 Å². The highest BCUT2D eigenvalue weighted by Gasteiger charge is 2.33. The average molecular weight is 350 g/mol. The Morgan fingerprint density at radius 1 is 1.24 bits per heavy atom. The van der Waals surface area contributed by atoms with Gasteiger partial charge in [-0.25, -0.2) is 0 Å². The molecule has 108 valence electrons. The van der Waals surface area contributed by atoms with Gasteiger partial charge in [0.2, 0.25) is 0 Å². The zero-order chi connectivity index (χ0) is 14.6. The summed E-state index contributed by atoms with van der Waals surface area (Å²) in [5.41, 5.74) is 2.52. The number of hydrogen-bond acceptors (Lipinski definition) is 4. The fraction of sp³-hybridized carbons (Fsp3) is 0.267. The predicted molar refractivity (Wildman–Crippen MR) is 80.2 cm³/mol. The van der Waals surface area contributed by atoms with Gasteiger partial charge in [-0.1, -0.05) is 0 Å². The summed E-state index contributed by atoms with van der Waals surface area (Å²) in [6, 6.07) is 3.73. The number of furan rings is 2. The molecule has 4 rings (SSSR count). The van der Waals surface area contributed by atoms with E-state index in [1.165, 1.54) is 0 Å². The molecule has 0 spiro atoms. The molecule has 1 aliphatic heterocycles.